The summed E-state index contributed by atoms with van der Waals surface area (Å²) in [5.41, 5.74) is 0. The largest absolute Gasteiger partial charge is 0.363 e. The van der Waals surface area contributed by atoms with Crippen LogP contribution in [-0.2, 0) is 9.15 Å². The molecular weight excluding hydrogens is 124 g/mol. The third-order valence-electron chi connectivity index (χ3n) is 0.149. The number of hydrogen-bond acceptors (Lipinski definition) is 3. The quantitative estimate of drug-likeness (QED) is 0.313. The van der Waals surface area contributed by atoms with Crippen molar-refractivity contribution in [1.29, 1.82) is 0 Å². The molecular formula is CH3O3S2+. The van der Waals surface area contributed by atoms with Crippen LogP contribution in [0.15, 0.2) is 0 Å². The van der Waals surface area contributed by atoms with Crippen molar-refractivity contribution < 1.29 is 13.0 Å². The summed E-state index contributed by atoms with van der Waals surface area (Å²) < 4.78 is 26.6. The van der Waals surface area contributed by atoms with E-state index in [-0.39, 0.29) is 10.8 Å². The van der Waals surface area contributed by atoms with Crippen LogP contribution in [-0.4, -0.2) is 13.0 Å². The molecule has 0 spiro atoms. The molecule has 0 fully saturated rings. The van der Waals surface area contributed by atoms with E-state index in [1.807, 2.05) is 0 Å². The summed E-state index contributed by atoms with van der Waals surface area (Å²) in [6.45, 7) is 0. The molecule has 1 N–H and O–H groups in total. The minimum absolute atomic E-state index is 0.160. The highest BCUT2D eigenvalue weighted by Gasteiger charge is 2.03. The van der Waals surface area contributed by atoms with Crippen LogP contribution in [0.25, 0.3) is 0 Å². The Morgan fingerprint density at radius 2 is 1.83 bits per heavy atom. The fourth-order valence-electron chi connectivity index (χ4n) is 0. The van der Waals surface area contributed by atoms with Gasteiger partial charge in [-0.05, 0) is 0 Å². The molecule has 0 aliphatic rings. The molecule has 0 aliphatic heterocycles. The highest BCUT2D eigenvalue weighted by Crippen LogP contribution is 2.02. The summed E-state index contributed by atoms with van der Waals surface area (Å²) in [6, 6.07) is 0. The predicted octanol–water partition coefficient (Wildman–Crippen LogP) is 0.314. The lowest BCUT2D eigenvalue weighted by Crippen LogP contribution is -1.83. The third-order valence-corrected chi connectivity index (χ3v) is 1.34. The van der Waals surface area contributed by atoms with Crippen molar-refractivity contribution in [3.63, 3.8) is 0 Å². The first kappa shape index (κ1) is 6.13. The molecule has 0 radical (unpaired) electrons. The first-order valence-corrected chi connectivity index (χ1v) is 3.91. The van der Waals surface area contributed by atoms with Gasteiger partial charge in [-0.3, -0.25) is 4.55 Å². The molecule has 0 aromatic rings. The smallest absolute Gasteiger partial charge is 0.274 e. The number of hydrogen-bond donors (Lipinski definition) is 1. The SMILES string of the molecule is [CH2+]SS(=O)(=O)O. The molecule has 0 atom stereocenters. The van der Waals surface area contributed by atoms with Crippen molar-refractivity contribution in [2.45, 2.75) is 0 Å². The lowest BCUT2D eigenvalue weighted by atomic mass is 12.0. The van der Waals surface area contributed by atoms with E-state index in [1.54, 1.807) is 0 Å². The number of rotatable bonds is 1. The molecule has 0 amide bonds. The molecule has 6 heavy (non-hydrogen) atoms. The fraction of sp³-hybridized carbons (Fsp3) is 0. The summed E-state index contributed by atoms with van der Waals surface area (Å²) in [4.78, 5) is 0. The maximum Gasteiger partial charge on any atom is 0.363 e. The molecule has 0 heterocycles. The summed E-state index contributed by atoms with van der Waals surface area (Å²) in [6.07, 6.45) is 2.84. The van der Waals surface area contributed by atoms with Gasteiger partial charge in [-0.25, -0.2) is 0 Å². The molecule has 0 aromatic carbocycles. The van der Waals surface area contributed by atoms with Crippen LogP contribution in [0.5, 0.6) is 0 Å². The third kappa shape index (κ3) is 4.13. The van der Waals surface area contributed by atoms with Gasteiger partial charge in [-0.2, -0.15) is 8.42 Å². The Morgan fingerprint density at radius 1 is 1.67 bits per heavy atom. The van der Waals surface area contributed by atoms with E-state index in [4.69, 9.17) is 4.55 Å². The average Bonchev–Trinajstić information content (AvgIpc) is 1.35. The second-order valence-corrected chi connectivity index (χ2v) is 3.61. The fourth-order valence-corrected chi connectivity index (χ4v) is 0. The van der Waals surface area contributed by atoms with E-state index < -0.39 is 9.15 Å². The van der Waals surface area contributed by atoms with Crippen LogP contribution in [0.4, 0.5) is 0 Å². The second-order valence-electron chi connectivity index (χ2n) is 0.546. The van der Waals surface area contributed by atoms with Gasteiger partial charge in [0.1, 0.15) is 6.26 Å². The van der Waals surface area contributed by atoms with Crippen LogP contribution in [0.2, 0.25) is 0 Å². The van der Waals surface area contributed by atoms with E-state index in [1.165, 1.54) is 0 Å². The zero-order valence-electron chi connectivity index (χ0n) is 2.79. The van der Waals surface area contributed by atoms with E-state index >= 15 is 0 Å². The van der Waals surface area contributed by atoms with Gasteiger partial charge in [0.15, 0.2) is 0 Å². The van der Waals surface area contributed by atoms with Crippen molar-refractivity contribution in [2.24, 2.45) is 0 Å². The molecule has 0 bridgehead atoms. The molecule has 0 saturated heterocycles. The highest BCUT2D eigenvalue weighted by molar-refractivity contribution is 8.70. The Bertz CT molecular complexity index is 111. The van der Waals surface area contributed by atoms with Gasteiger partial charge in [0.25, 0.3) is 0 Å². The van der Waals surface area contributed by atoms with Crippen molar-refractivity contribution in [2.75, 3.05) is 0 Å². The summed E-state index contributed by atoms with van der Waals surface area (Å²) in [5.74, 6) is 0. The minimum Gasteiger partial charge on any atom is -0.274 e. The van der Waals surface area contributed by atoms with Crippen molar-refractivity contribution in [3.05, 3.63) is 6.26 Å². The molecule has 0 rings (SSSR count). The van der Waals surface area contributed by atoms with Crippen LogP contribution in [0.3, 0.4) is 0 Å². The van der Waals surface area contributed by atoms with E-state index in [9.17, 15) is 8.42 Å². The highest BCUT2D eigenvalue weighted by atomic mass is 33.1. The Labute approximate surface area is 39.9 Å². The summed E-state index contributed by atoms with van der Waals surface area (Å²) in [5, 5.41) is 0. The van der Waals surface area contributed by atoms with Gasteiger partial charge in [0.05, 0.1) is 0 Å². The molecule has 3 nitrogen and oxygen atoms in total. The topological polar surface area (TPSA) is 54.4 Å². The van der Waals surface area contributed by atoms with E-state index in [2.05, 4.69) is 6.26 Å². The van der Waals surface area contributed by atoms with Crippen LogP contribution < -0.4 is 0 Å². The van der Waals surface area contributed by atoms with Crippen molar-refractivity contribution in [1.82, 2.24) is 0 Å². The molecule has 0 aliphatic carbocycles. The second kappa shape index (κ2) is 1.72. The van der Waals surface area contributed by atoms with Crippen LogP contribution in [0.1, 0.15) is 0 Å². The summed E-state index contributed by atoms with van der Waals surface area (Å²) in [7, 11) is -3.70. The Balaban J connectivity index is 3.85. The first-order chi connectivity index (χ1) is 2.56. The zero-order chi connectivity index (χ0) is 5.21. The maximum absolute atomic E-state index is 9.46. The molecule has 0 aromatic heterocycles. The Hall–Kier alpha value is 0.130. The van der Waals surface area contributed by atoms with Gasteiger partial charge >= 0.3 is 9.15 Å². The van der Waals surface area contributed by atoms with Crippen LogP contribution in [0, 0.1) is 6.26 Å². The molecule has 0 saturated carbocycles. The van der Waals surface area contributed by atoms with Gasteiger partial charge < -0.3 is 0 Å². The van der Waals surface area contributed by atoms with Crippen LogP contribution >= 0.6 is 10.8 Å². The molecule has 5 heteroatoms. The summed E-state index contributed by atoms with van der Waals surface area (Å²) >= 11 is 0. The lowest BCUT2D eigenvalue weighted by Gasteiger charge is -1.71. The lowest BCUT2D eigenvalue weighted by molar-refractivity contribution is 0.503. The van der Waals surface area contributed by atoms with E-state index in [0.29, 0.717) is 0 Å². The first-order valence-electron chi connectivity index (χ1n) is 0.971. The minimum atomic E-state index is -3.86. The van der Waals surface area contributed by atoms with E-state index in [0.717, 1.165) is 0 Å². The van der Waals surface area contributed by atoms with Gasteiger partial charge in [0, 0.05) is 0 Å². The molecule has 0 unspecified atom stereocenters. The standard InChI is InChI=1S/CH2O3S2/c1-5-6(2,3)4/h1H2/p+1. The van der Waals surface area contributed by atoms with Gasteiger partial charge in [-0.1, -0.05) is 0 Å². The molecule has 36 valence electrons. The Kier molecular flexibility index (Phi) is 1.76. The zero-order valence-corrected chi connectivity index (χ0v) is 4.42. The average molecular weight is 127 g/mol. The predicted molar refractivity (Wildman–Crippen MR) is 24.5 cm³/mol. The Morgan fingerprint density at radius 3 is 1.83 bits per heavy atom. The van der Waals surface area contributed by atoms with Gasteiger partial charge in [0.2, 0.25) is 10.8 Å². The normalized spacial score (nSPS) is 11.5. The van der Waals surface area contributed by atoms with Crippen molar-refractivity contribution in [3.8, 4) is 0 Å². The maximum atomic E-state index is 9.46. The van der Waals surface area contributed by atoms with Gasteiger partial charge in [-0.15, -0.1) is 0 Å². The monoisotopic (exact) mass is 127 g/mol. The van der Waals surface area contributed by atoms with Crippen molar-refractivity contribution >= 4 is 19.9 Å².